The van der Waals surface area contributed by atoms with Crippen molar-refractivity contribution in [1.29, 1.82) is 0 Å². The summed E-state index contributed by atoms with van der Waals surface area (Å²) in [6.45, 7) is 0. The molecule has 0 spiro atoms. The second kappa shape index (κ2) is 11.9. The van der Waals surface area contributed by atoms with Crippen molar-refractivity contribution in [2.24, 2.45) is 0 Å². The molecule has 3 nitrogen and oxygen atoms in total. The minimum absolute atomic E-state index is 0.0869. The Morgan fingerprint density at radius 3 is 1.00 bits per heavy atom. The van der Waals surface area contributed by atoms with Crippen molar-refractivity contribution in [3.05, 3.63) is 0 Å². The number of nitrogens with one attached hydrogen (secondary N) is 1. The Labute approximate surface area is 123 Å². The zero-order valence-electron chi connectivity index (χ0n) is 12.9. The van der Waals surface area contributed by atoms with Crippen LogP contribution in [0.1, 0.15) is 96.3 Å². The minimum Gasteiger partial charge on any atom is -0.296 e. The van der Waals surface area contributed by atoms with Crippen molar-refractivity contribution >= 4 is 11.8 Å². The van der Waals surface area contributed by atoms with E-state index in [0.29, 0.717) is 12.8 Å². The molecule has 20 heavy (non-hydrogen) atoms. The predicted octanol–water partition coefficient (Wildman–Crippen LogP) is 4.49. The second-order valence-electron chi connectivity index (χ2n) is 6.07. The average Bonchev–Trinajstić information content (AvgIpc) is 2.42. The van der Waals surface area contributed by atoms with E-state index in [4.69, 9.17) is 0 Å². The average molecular weight is 281 g/mol. The van der Waals surface area contributed by atoms with Crippen molar-refractivity contribution in [3.63, 3.8) is 0 Å². The molecule has 1 fully saturated rings. The smallest absolute Gasteiger partial charge is 0.226 e. The molecular formula is C17H31NO2. The third-order valence-electron chi connectivity index (χ3n) is 4.09. The van der Waals surface area contributed by atoms with Crippen LogP contribution in [0.5, 0.6) is 0 Å². The van der Waals surface area contributed by atoms with Crippen LogP contribution in [0.3, 0.4) is 0 Å². The molecule has 3 heteroatoms. The minimum atomic E-state index is -0.0869. The maximum absolute atomic E-state index is 11.6. The summed E-state index contributed by atoms with van der Waals surface area (Å²) in [6.07, 6.45) is 16.9. The van der Waals surface area contributed by atoms with Crippen LogP contribution < -0.4 is 5.32 Å². The van der Waals surface area contributed by atoms with Gasteiger partial charge in [-0.05, 0) is 12.8 Å². The number of rotatable bonds is 0. The molecule has 116 valence electrons. The molecule has 0 bridgehead atoms. The van der Waals surface area contributed by atoms with E-state index in [2.05, 4.69) is 5.32 Å². The fourth-order valence-electron chi connectivity index (χ4n) is 2.80. The van der Waals surface area contributed by atoms with Gasteiger partial charge in [0.05, 0.1) is 0 Å². The Bertz CT molecular complexity index is 250. The summed E-state index contributed by atoms with van der Waals surface area (Å²) in [5.74, 6) is -0.174. The zero-order valence-corrected chi connectivity index (χ0v) is 12.9. The van der Waals surface area contributed by atoms with Crippen molar-refractivity contribution in [1.82, 2.24) is 5.32 Å². The lowest BCUT2D eigenvalue weighted by atomic mass is 10.0. The van der Waals surface area contributed by atoms with Crippen molar-refractivity contribution < 1.29 is 9.59 Å². The van der Waals surface area contributed by atoms with E-state index in [0.717, 1.165) is 25.7 Å². The van der Waals surface area contributed by atoms with Crippen molar-refractivity contribution in [2.45, 2.75) is 96.3 Å². The number of imide groups is 1. The van der Waals surface area contributed by atoms with E-state index in [1.807, 2.05) is 0 Å². The van der Waals surface area contributed by atoms with Gasteiger partial charge in [-0.15, -0.1) is 0 Å². The number of carbonyl (C=O) groups is 2. The van der Waals surface area contributed by atoms with Crippen LogP contribution in [-0.2, 0) is 9.59 Å². The van der Waals surface area contributed by atoms with Crippen LogP contribution in [0, 0.1) is 0 Å². The van der Waals surface area contributed by atoms with Gasteiger partial charge in [0.15, 0.2) is 0 Å². The summed E-state index contributed by atoms with van der Waals surface area (Å²) in [7, 11) is 0. The van der Waals surface area contributed by atoms with Crippen LogP contribution in [-0.4, -0.2) is 11.8 Å². The Balaban J connectivity index is 2.21. The summed E-state index contributed by atoms with van der Waals surface area (Å²) in [5.41, 5.74) is 0. The molecular weight excluding hydrogens is 250 g/mol. The van der Waals surface area contributed by atoms with Crippen LogP contribution in [0.2, 0.25) is 0 Å². The lowest BCUT2D eigenvalue weighted by Gasteiger charge is -2.06. The molecule has 0 saturated carbocycles. The Morgan fingerprint density at radius 1 is 0.450 bits per heavy atom. The predicted molar refractivity (Wildman–Crippen MR) is 82.4 cm³/mol. The molecule has 0 atom stereocenters. The van der Waals surface area contributed by atoms with E-state index in [1.165, 1.54) is 57.8 Å². The maximum atomic E-state index is 11.6. The summed E-state index contributed by atoms with van der Waals surface area (Å²) in [6, 6.07) is 0. The highest BCUT2D eigenvalue weighted by molar-refractivity contribution is 5.95. The topological polar surface area (TPSA) is 46.2 Å². The first-order valence-corrected chi connectivity index (χ1v) is 8.62. The summed E-state index contributed by atoms with van der Waals surface area (Å²) >= 11 is 0. The van der Waals surface area contributed by atoms with Gasteiger partial charge in [-0.2, -0.15) is 0 Å². The van der Waals surface area contributed by atoms with E-state index >= 15 is 0 Å². The number of hydrogen-bond acceptors (Lipinski definition) is 2. The van der Waals surface area contributed by atoms with Gasteiger partial charge in [0, 0.05) is 12.8 Å². The first-order valence-electron chi connectivity index (χ1n) is 8.62. The number of hydrogen-bond donors (Lipinski definition) is 1. The Morgan fingerprint density at radius 2 is 0.700 bits per heavy atom. The highest BCUT2D eigenvalue weighted by atomic mass is 16.2. The van der Waals surface area contributed by atoms with Gasteiger partial charge in [-0.3, -0.25) is 14.9 Å². The normalized spacial score (nSPS) is 22.6. The standard InChI is InChI=1S/C17H31NO2/c19-16-14-12-10-8-6-4-2-1-3-5-7-9-11-13-15-17(20)18-16/h1-15H2,(H,18,19,20). The molecule has 1 aliphatic heterocycles. The van der Waals surface area contributed by atoms with E-state index < -0.39 is 0 Å². The lowest BCUT2D eigenvalue weighted by molar-refractivity contribution is -0.130. The number of carbonyl (C=O) groups excluding carboxylic acids is 2. The Kier molecular flexibility index (Phi) is 10.3. The van der Waals surface area contributed by atoms with Gasteiger partial charge in [0.2, 0.25) is 11.8 Å². The summed E-state index contributed by atoms with van der Waals surface area (Å²) < 4.78 is 0. The lowest BCUT2D eigenvalue weighted by Crippen LogP contribution is -2.29. The molecule has 0 aromatic rings. The van der Waals surface area contributed by atoms with Crippen molar-refractivity contribution in [2.75, 3.05) is 0 Å². The fraction of sp³-hybridized carbons (Fsp3) is 0.882. The van der Waals surface area contributed by atoms with E-state index in [-0.39, 0.29) is 11.8 Å². The van der Waals surface area contributed by atoms with Gasteiger partial charge < -0.3 is 0 Å². The largest absolute Gasteiger partial charge is 0.296 e. The van der Waals surface area contributed by atoms with Crippen LogP contribution >= 0.6 is 0 Å². The highest BCUT2D eigenvalue weighted by Gasteiger charge is 2.07. The third-order valence-corrected chi connectivity index (χ3v) is 4.09. The molecule has 1 aliphatic rings. The number of amides is 2. The molecule has 0 radical (unpaired) electrons. The molecule has 0 unspecified atom stereocenters. The Hall–Kier alpha value is -0.860. The zero-order chi connectivity index (χ0) is 14.5. The first kappa shape index (κ1) is 17.2. The van der Waals surface area contributed by atoms with E-state index in [9.17, 15) is 9.59 Å². The first-order chi connectivity index (χ1) is 9.79. The van der Waals surface area contributed by atoms with Crippen LogP contribution in [0.4, 0.5) is 0 Å². The third kappa shape index (κ3) is 9.99. The van der Waals surface area contributed by atoms with Crippen LogP contribution in [0.15, 0.2) is 0 Å². The highest BCUT2D eigenvalue weighted by Crippen LogP contribution is 2.13. The van der Waals surface area contributed by atoms with E-state index in [1.54, 1.807) is 0 Å². The van der Waals surface area contributed by atoms with Gasteiger partial charge in [-0.1, -0.05) is 70.6 Å². The van der Waals surface area contributed by atoms with Gasteiger partial charge in [-0.25, -0.2) is 0 Å². The monoisotopic (exact) mass is 281 g/mol. The maximum Gasteiger partial charge on any atom is 0.226 e. The van der Waals surface area contributed by atoms with Gasteiger partial charge in [0.25, 0.3) is 0 Å². The molecule has 0 aliphatic carbocycles. The SMILES string of the molecule is O=C1CCCCCCCCCCCCCCCC(=O)N1. The van der Waals surface area contributed by atoms with Gasteiger partial charge in [0.1, 0.15) is 0 Å². The molecule has 0 aromatic carbocycles. The quantitative estimate of drug-likeness (QED) is 0.665. The summed E-state index contributed by atoms with van der Waals surface area (Å²) in [4.78, 5) is 23.1. The summed E-state index contributed by atoms with van der Waals surface area (Å²) in [5, 5.41) is 2.51. The molecule has 1 saturated heterocycles. The van der Waals surface area contributed by atoms with Crippen LogP contribution in [0.25, 0.3) is 0 Å². The fourth-order valence-corrected chi connectivity index (χ4v) is 2.80. The molecule has 0 aromatic heterocycles. The molecule has 1 heterocycles. The second-order valence-corrected chi connectivity index (χ2v) is 6.07. The molecule has 1 rings (SSSR count). The molecule has 1 N–H and O–H groups in total. The van der Waals surface area contributed by atoms with Crippen molar-refractivity contribution in [3.8, 4) is 0 Å². The van der Waals surface area contributed by atoms with Gasteiger partial charge >= 0.3 is 0 Å². The molecule has 2 amide bonds.